The van der Waals surface area contributed by atoms with E-state index in [1.54, 1.807) is 11.9 Å². The fourth-order valence-electron chi connectivity index (χ4n) is 6.81. The van der Waals surface area contributed by atoms with Crippen molar-refractivity contribution in [2.45, 2.75) is 77.6 Å². The Bertz CT molecular complexity index is 1670. The Morgan fingerprint density at radius 3 is 2.52 bits per heavy atom. The average Bonchev–Trinajstić information content (AvgIpc) is 3.64. The summed E-state index contributed by atoms with van der Waals surface area (Å²) in [6.07, 6.45) is 3.00. The third-order valence-electron chi connectivity index (χ3n) is 9.82. The number of benzene rings is 1. The number of carboxylic acids is 1. The first-order chi connectivity index (χ1) is 22.8. The number of carbonyl (C=O) groups is 2. The Morgan fingerprint density at radius 2 is 1.81 bits per heavy atom. The molecule has 0 radical (unpaired) electrons. The van der Waals surface area contributed by atoms with E-state index >= 15 is 0 Å². The highest BCUT2D eigenvalue weighted by Gasteiger charge is 2.44. The number of hydrazine groups is 2. The van der Waals surface area contributed by atoms with Crippen molar-refractivity contribution in [3.05, 3.63) is 35.2 Å². The molecule has 0 unspecified atom stereocenters. The summed E-state index contributed by atoms with van der Waals surface area (Å²) in [5, 5.41) is 26.8. The number of hydrogen-bond acceptors (Lipinski definition) is 11. The number of piperazine rings is 1. The minimum absolute atomic E-state index is 0.337. The summed E-state index contributed by atoms with van der Waals surface area (Å²) >= 11 is 0. The first-order valence-electron chi connectivity index (χ1n) is 16.8. The molecule has 260 valence electrons. The number of carboxylic acid groups (broad SMARTS) is 2. The van der Waals surface area contributed by atoms with Crippen LogP contribution >= 0.6 is 0 Å². The lowest BCUT2D eigenvalue weighted by Gasteiger charge is -2.38. The van der Waals surface area contributed by atoms with Gasteiger partial charge in [-0.25, -0.2) is 19.5 Å². The SMILES string of the molecule is Cc1ccc2c(cnn2COCC[Si](C)(C)C)c1N1CCc2c(nc(NNN3CCC[C@@]3(C)C(=O)O)nc2N2CCN(C(=O)O)CC2)C1. The molecule has 0 spiro atoms. The third kappa shape index (κ3) is 6.92. The summed E-state index contributed by atoms with van der Waals surface area (Å²) in [7, 11) is -1.19. The van der Waals surface area contributed by atoms with E-state index in [1.807, 2.05) is 10.9 Å². The number of rotatable bonds is 11. The van der Waals surface area contributed by atoms with E-state index in [2.05, 4.69) is 59.5 Å². The number of aliphatic carboxylic acids is 1. The standard InChI is InChI=1S/C32H48N10O5Si/c1-22-7-8-26-24(19-33-41(26)21-47-17-18-48(3,4)5)27(22)40-12-9-23-25(20-40)34-30(36-37-42-11-6-10-32(42,2)29(43)44)35-28(23)38-13-15-39(16-14-38)31(45)46/h7-8,19,37H,6,9-18,20-21H2,1-5H3,(H,43,44)(H,45,46)(H,34,35,36)/t32-/m0/s1. The third-order valence-corrected chi connectivity index (χ3v) is 11.5. The van der Waals surface area contributed by atoms with Gasteiger partial charge in [0.2, 0.25) is 5.95 Å². The molecule has 0 aliphatic carbocycles. The predicted octanol–water partition coefficient (Wildman–Crippen LogP) is 3.58. The number of ether oxygens (including phenoxy) is 1. The van der Waals surface area contributed by atoms with Crippen molar-refractivity contribution in [3.8, 4) is 0 Å². The first-order valence-corrected chi connectivity index (χ1v) is 20.5. The van der Waals surface area contributed by atoms with Gasteiger partial charge in [-0.3, -0.25) is 10.2 Å². The fraction of sp³-hybridized carbons (Fsp3) is 0.594. The van der Waals surface area contributed by atoms with Gasteiger partial charge in [0.05, 0.1) is 29.6 Å². The van der Waals surface area contributed by atoms with Crippen LogP contribution in [0.25, 0.3) is 10.9 Å². The van der Waals surface area contributed by atoms with Crippen molar-refractivity contribution >= 4 is 48.5 Å². The van der Waals surface area contributed by atoms with E-state index in [4.69, 9.17) is 19.8 Å². The van der Waals surface area contributed by atoms with Gasteiger partial charge in [-0.2, -0.15) is 15.6 Å². The molecule has 0 saturated carbocycles. The van der Waals surface area contributed by atoms with Crippen molar-refractivity contribution in [1.29, 1.82) is 0 Å². The number of nitrogens with one attached hydrogen (secondary N) is 2. The highest BCUT2D eigenvalue weighted by atomic mass is 28.3. The molecule has 16 heteroatoms. The highest BCUT2D eigenvalue weighted by molar-refractivity contribution is 6.76. The van der Waals surface area contributed by atoms with Crippen molar-refractivity contribution in [3.63, 3.8) is 0 Å². The van der Waals surface area contributed by atoms with Crippen LogP contribution in [0.1, 0.15) is 36.6 Å². The zero-order valence-electron chi connectivity index (χ0n) is 28.6. The van der Waals surface area contributed by atoms with Crippen LogP contribution in [0.5, 0.6) is 0 Å². The van der Waals surface area contributed by atoms with Gasteiger partial charge >= 0.3 is 12.1 Å². The van der Waals surface area contributed by atoms with E-state index in [9.17, 15) is 19.8 Å². The molecule has 1 aromatic carbocycles. The van der Waals surface area contributed by atoms with Gasteiger partial charge in [-0.15, -0.1) is 0 Å². The van der Waals surface area contributed by atoms with E-state index < -0.39 is 25.7 Å². The van der Waals surface area contributed by atoms with Crippen LogP contribution in [-0.2, 0) is 29.2 Å². The molecular formula is C32H48N10O5Si. The quantitative estimate of drug-likeness (QED) is 0.132. The molecule has 15 nitrogen and oxygen atoms in total. The fourth-order valence-corrected chi connectivity index (χ4v) is 7.57. The minimum atomic E-state index is -1.19. The molecule has 4 N–H and O–H groups in total. The second-order valence-electron chi connectivity index (χ2n) is 14.5. The van der Waals surface area contributed by atoms with E-state index in [1.165, 1.54) is 4.90 Å². The summed E-state index contributed by atoms with van der Waals surface area (Å²) in [5.74, 6) is 0.234. The van der Waals surface area contributed by atoms with Gasteiger partial charge in [0.15, 0.2) is 0 Å². The summed E-state index contributed by atoms with van der Waals surface area (Å²) in [6.45, 7) is 15.7. The lowest BCUT2D eigenvalue weighted by Crippen LogP contribution is -2.56. The van der Waals surface area contributed by atoms with Crippen LogP contribution in [-0.4, -0.2) is 111 Å². The molecule has 2 aromatic heterocycles. The summed E-state index contributed by atoms with van der Waals surface area (Å²) in [6, 6.07) is 5.34. The summed E-state index contributed by atoms with van der Waals surface area (Å²) < 4.78 is 7.95. The smallest absolute Gasteiger partial charge is 0.407 e. The van der Waals surface area contributed by atoms with Crippen LogP contribution in [0.2, 0.25) is 25.7 Å². The van der Waals surface area contributed by atoms with Crippen LogP contribution in [0.15, 0.2) is 18.3 Å². The molecule has 3 aliphatic rings. The van der Waals surface area contributed by atoms with Gasteiger partial charge in [0.25, 0.3) is 0 Å². The number of fused-ring (bicyclic) bond motifs is 2. The Morgan fingerprint density at radius 1 is 1.04 bits per heavy atom. The molecule has 48 heavy (non-hydrogen) atoms. The van der Waals surface area contributed by atoms with Crippen LogP contribution in [0, 0.1) is 6.92 Å². The molecule has 1 amide bonds. The zero-order valence-corrected chi connectivity index (χ0v) is 29.6. The molecule has 6 rings (SSSR count). The largest absolute Gasteiger partial charge is 0.480 e. The molecule has 5 heterocycles. The Kier molecular flexibility index (Phi) is 9.52. The number of amides is 1. The van der Waals surface area contributed by atoms with Crippen molar-refractivity contribution in [2.75, 3.05) is 61.1 Å². The molecular weight excluding hydrogens is 633 g/mol. The van der Waals surface area contributed by atoms with Gasteiger partial charge in [0, 0.05) is 64.9 Å². The van der Waals surface area contributed by atoms with E-state index in [0.29, 0.717) is 64.8 Å². The number of hydrogen-bond donors (Lipinski definition) is 4. The minimum Gasteiger partial charge on any atom is -0.480 e. The molecule has 0 bridgehead atoms. The maximum Gasteiger partial charge on any atom is 0.407 e. The van der Waals surface area contributed by atoms with Crippen molar-refractivity contribution < 1.29 is 24.5 Å². The molecule has 3 aromatic rings. The molecule has 1 atom stereocenters. The van der Waals surface area contributed by atoms with Gasteiger partial charge < -0.3 is 29.6 Å². The highest BCUT2D eigenvalue weighted by Crippen LogP contribution is 2.36. The number of aromatic nitrogens is 4. The zero-order chi connectivity index (χ0) is 34.2. The second-order valence-corrected chi connectivity index (χ2v) is 20.1. The molecule has 3 aliphatic heterocycles. The van der Waals surface area contributed by atoms with E-state index in [0.717, 1.165) is 64.8 Å². The van der Waals surface area contributed by atoms with Gasteiger partial charge in [-0.05, 0) is 50.8 Å². The molecule has 2 fully saturated rings. The van der Waals surface area contributed by atoms with Crippen molar-refractivity contribution in [1.82, 2.24) is 35.2 Å². The van der Waals surface area contributed by atoms with Crippen molar-refractivity contribution in [2.24, 2.45) is 0 Å². The number of aryl methyl sites for hydroxylation is 1. The van der Waals surface area contributed by atoms with Crippen LogP contribution < -0.4 is 20.8 Å². The Labute approximate surface area is 281 Å². The van der Waals surface area contributed by atoms with Gasteiger partial charge in [-0.1, -0.05) is 25.7 Å². The monoisotopic (exact) mass is 680 g/mol. The van der Waals surface area contributed by atoms with Crippen LogP contribution in [0.3, 0.4) is 0 Å². The average molecular weight is 681 g/mol. The Balaban J connectivity index is 1.27. The molecule has 2 saturated heterocycles. The Hall–Kier alpha value is -3.99. The maximum atomic E-state index is 12.1. The first kappa shape index (κ1) is 33.9. The predicted molar refractivity (Wildman–Crippen MR) is 186 cm³/mol. The lowest BCUT2D eigenvalue weighted by atomic mass is 10.0. The maximum absolute atomic E-state index is 12.1. The lowest BCUT2D eigenvalue weighted by molar-refractivity contribution is -0.150. The number of nitrogens with zero attached hydrogens (tertiary/aromatic N) is 8. The van der Waals surface area contributed by atoms with Crippen LogP contribution in [0.4, 0.5) is 22.2 Å². The normalized spacial score (nSPS) is 20.4. The van der Waals surface area contributed by atoms with E-state index in [-0.39, 0.29) is 0 Å². The summed E-state index contributed by atoms with van der Waals surface area (Å²) in [5.41, 5.74) is 10.3. The van der Waals surface area contributed by atoms with Gasteiger partial charge in [0.1, 0.15) is 18.1 Å². The number of anilines is 3. The summed E-state index contributed by atoms with van der Waals surface area (Å²) in [4.78, 5) is 39.4. The second kappa shape index (κ2) is 13.5. The topological polar surface area (TPSA) is 164 Å².